The van der Waals surface area contributed by atoms with Gasteiger partial charge in [0.05, 0.1) is 12.5 Å². The van der Waals surface area contributed by atoms with Crippen LogP contribution in [0.25, 0.3) is 0 Å². The van der Waals surface area contributed by atoms with Crippen LogP contribution < -0.4 is 5.32 Å². The predicted molar refractivity (Wildman–Crippen MR) is 78.0 cm³/mol. The number of aliphatic carboxylic acids is 1. The lowest BCUT2D eigenvalue weighted by molar-refractivity contribution is -0.138. The summed E-state index contributed by atoms with van der Waals surface area (Å²) >= 11 is 5.90. The van der Waals surface area contributed by atoms with E-state index in [1.165, 1.54) is 4.90 Å². The summed E-state index contributed by atoms with van der Waals surface area (Å²) in [4.78, 5) is 35.1. The van der Waals surface area contributed by atoms with Crippen LogP contribution in [0.2, 0.25) is 5.02 Å². The van der Waals surface area contributed by atoms with Crippen molar-refractivity contribution in [2.45, 2.75) is 25.8 Å². The van der Waals surface area contributed by atoms with Crippen molar-refractivity contribution in [1.29, 1.82) is 0 Å². The number of nitrogens with one attached hydrogen (secondary N) is 1. The molecule has 0 bridgehead atoms. The standard InChI is InChI=1S/C14H17ClN2O4/c1-9(10-4-3-5-11(15)8-10)17(2)14(21)16-12(18)6-7-13(19)20/h3-5,8-9H,6-7H2,1-2H3,(H,19,20)(H,16,18,21). The van der Waals surface area contributed by atoms with Gasteiger partial charge in [-0.3, -0.25) is 14.9 Å². The molecule has 2 N–H and O–H groups in total. The third-order valence-electron chi connectivity index (χ3n) is 3.04. The maximum atomic E-state index is 11.9. The second-order valence-corrected chi connectivity index (χ2v) is 5.03. The number of urea groups is 1. The fourth-order valence-corrected chi connectivity index (χ4v) is 1.86. The van der Waals surface area contributed by atoms with Crippen molar-refractivity contribution in [2.24, 2.45) is 0 Å². The molecule has 6 nitrogen and oxygen atoms in total. The number of carboxylic acid groups (broad SMARTS) is 1. The van der Waals surface area contributed by atoms with Crippen molar-refractivity contribution in [2.75, 3.05) is 7.05 Å². The van der Waals surface area contributed by atoms with Crippen molar-refractivity contribution in [3.63, 3.8) is 0 Å². The Bertz CT molecular complexity index is 548. The van der Waals surface area contributed by atoms with Crippen LogP contribution in [0.3, 0.4) is 0 Å². The summed E-state index contributed by atoms with van der Waals surface area (Å²) in [6.45, 7) is 1.80. The molecular formula is C14H17ClN2O4. The number of benzene rings is 1. The first kappa shape index (κ1) is 17.0. The Morgan fingerprint density at radius 1 is 1.33 bits per heavy atom. The molecule has 0 fully saturated rings. The van der Waals surface area contributed by atoms with Gasteiger partial charge in [-0.15, -0.1) is 0 Å². The maximum absolute atomic E-state index is 11.9. The lowest BCUT2D eigenvalue weighted by atomic mass is 10.1. The van der Waals surface area contributed by atoms with Crippen molar-refractivity contribution in [3.8, 4) is 0 Å². The topological polar surface area (TPSA) is 86.7 Å². The molecule has 0 aromatic heterocycles. The zero-order valence-corrected chi connectivity index (χ0v) is 12.6. The SMILES string of the molecule is CC(c1cccc(Cl)c1)N(C)C(=O)NC(=O)CCC(=O)O. The number of rotatable bonds is 5. The fourth-order valence-electron chi connectivity index (χ4n) is 1.66. The molecule has 21 heavy (non-hydrogen) atoms. The monoisotopic (exact) mass is 312 g/mol. The predicted octanol–water partition coefficient (Wildman–Crippen LogP) is 2.43. The van der Waals surface area contributed by atoms with Crippen molar-refractivity contribution < 1.29 is 19.5 Å². The average Bonchev–Trinajstić information content (AvgIpc) is 2.43. The maximum Gasteiger partial charge on any atom is 0.324 e. The van der Waals surface area contributed by atoms with Gasteiger partial charge >= 0.3 is 12.0 Å². The van der Waals surface area contributed by atoms with Gasteiger partial charge in [0.1, 0.15) is 0 Å². The highest BCUT2D eigenvalue weighted by atomic mass is 35.5. The minimum Gasteiger partial charge on any atom is -0.481 e. The minimum absolute atomic E-state index is 0.236. The van der Waals surface area contributed by atoms with E-state index in [9.17, 15) is 14.4 Å². The Kier molecular flexibility index (Phi) is 6.17. The Labute approximate surface area is 127 Å². The fraction of sp³-hybridized carbons (Fsp3) is 0.357. The molecule has 1 rings (SSSR count). The Balaban J connectivity index is 2.61. The van der Waals surface area contributed by atoms with Crippen LogP contribution in [0.4, 0.5) is 4.79 Å². The number of amides is 3. The Morgan fingerprint density at radius 2 is 2.00 bits per heavy atom. The van der Waals surface area contributed by atoms with Gasteiger partial charge in [0.25, 0.3) is 0 Å². The van der Waals surface area contributed by atoms with E-state index in [1.54, 1.807) is 32.2 Å². The number of carbonyl (C=O) groups is 3. The molecule has 114 valence electrons. The van der Waals surface area contributed by atoms with E-state index >= 15 is 0 Å². The summed E-state index contributed by atoms with van der Waals surface area (Å²) in [5.41, 5.74) is 0.832. The lowest BCUT2D eigenvalue weighted by Crippen LogP contribution is -2.41. The first-order valence-corrected chi connectivity index (χ1v) is 6.73. The summed E-state index contributed by atoms with van der Waals surface area (Å²) in [6, 6.07) is 6.20. The zero-order chi connectivity index (χ0) is 16.0. The van der Waals surface area contributed by atoms with E-state index < -0.39 is 17.9 Å². The number of halogens is 1. The molecule has 0 spiro atoms. The molecule has 0 heterocycles. The third-order valence-corrected chi connectivity index (χ3v) is 3.28. The molecular weight excluding hydrogens is 296 g/mol. The molecule has 1 unspecified atom stereocenters. The molecule has 0 aliphatic rings. The highest BCUT2D eigenvalue weighted by Gasteiger charge is 2.19. The average molecular weight is 313 g/mol. The second-order valence-electron chi connectivity index (χ2n) is 4.59. The van der Waals surface area contributed by atoms with Gasteiger partial charge in [0, 0.05) is 18.5 Å². The molecule has 0 aliphatic heterocycles. The van der Waals surface area contributed by atoms with Crippen LogP contribution in [0.1, 0.15) is 31.4 Å². The van der Waals surface area contributed by atoms with Gasteiger partial charge in [-0.05, 0) is 24.6 Å². The Hall–Kier alpha value is -2.08. The van der Waals surface area contributed by atoms with Crippen molar-refractivity contribution in [1.82, 2.24) is 10.2 Å². The van der Waals surface area contributed by atoms with Crippen molar-refractivity contribution >= 4 is 29.5 Å². The lowest BCUT2D eigenvalue weighted by Gasteiger charge is -2.25. The van der Waals surface area contributed by atoms with E-state index in [-0.39, 0.29) is 18.9 Å². The van der Waals surface area contributed by atoms with Gasteiger partial charge in [-0.2, -0.15) is 0 Å². The molecule has 7 heteroatoms. The highest BCUT2D eigenvalue weighted by molar-refractivity contribution is 6.30. The van der Waals surface area contributed by atoms with Gasteiger partial charge in [-0.25, -0.2) is 4.79 Å². The van der Waals surface area contributed by atoms with Gasteiger partial charge in [-0.1, -0.05) is 23.7 Å². The first-order chi connectivity index (χ1) is 9.81. The third kappa shape index (κ3) is 5.43. The van der Waals surface area contributed by atoms with E-state index in [0.29, 0.717) is 5.02 Å². The number of hydrogen-bond acceptors (Lipinski definition) is 3. The molecule has 0 aliphatic carbocycles. The molecule has 1 aromatic rings. The number of carbonyl (C=O) groups excluding carboxylic acids is 2. The largest absolute Gasteiger partial charge is 0.481 e. The van der Waals surface area contributed by atoms with Crippen LogP contribution in [0.5, 0.6) is 0 Å². The first-order valence-electron chi connectivity index (χ1n) is 6.35. The van der Waals surface area contributed by atoms with Gasteiger partial charge in [0.2, 0.25) is 5.91 Å². The number of hydrogen-bond donors (Lipinski definition) is 2. The highest BCUT2D eigenvalue weighted by Crippen LogP contribution is 2.21. The number of nitrogens with zero attached hydrogens (tertiary/aromatic N) is 1. The van der Waals surface area contributed by atoms with Crippen LogP contribution in [-0.2, 0) is 9.59 Å². The second kappa shape index (κ2) is 7.64. The molecule has 0 saturated carbocycles. The molecule has 3 amide bonds. The normalized spacial score (nSPS) is 11.6. The summed E-state index contributed by atoms with van der Waals surface area (Å²) in [5, 5.41) is 11.2. The van der Waals surface area contributed by atoms with Crippen LogP contribution in [0.15, 0.2) is 24.3 Å². The summed E-state index contributed by atoms with van der Waals surface area (Å²) < 4.78 is 0. The zero-order valence-electron chi connectivity index (χ0n) is 11.8. The molecule has 0 saturated heterocycles. The van der Waals surface area contributed by atoms with Crippen LogP contribution in [-0.4, -0.2) is 35.0 Å². The molecule has 1 atom stereocenters. The minimum atomic E-state index is -1.08. The smallest absolute Gasteiger partial charge is 0.324 e. The number of imide groups is 1. The quantitative estimate of drug-likeness (QED) is 0.874. The molecule has 1 aromatic carbocycles. The Morgan fingerprint density at radius 3 is 2.57 bits per heavy atom. The van der Waals surface area contributed by atoms with Crippen LogP contribution >= 0.6 is 11.6 Å². The summed E-state index contributed by atoms with van der Waals surface area (Å²) in [7, 11) is 1.55. The summed E-state index contributed by atoms with van der Waals surface area (Å²) in [5.74, 6) is -1.70. The van der Waals surface area contributed by atoms with Gasteiger partial charge in [0.15, 0.2) is 0 Å². The van der Waals surface area contributed by atoms with E-state index in [0.717, 1.165) is 5.56 Å². The van der Waals surface area contributed by atoms with E-state index in [1.807, 2.05) is 6.07 Å². The van der Waals surface area contributed by atoms with Crippen molar-refractivity contribution in [3.05, 3.63) is 34.9 Å². The van der Waals surface area contributed by atoms with Crippen LogP contribution in [0, 0.1) is 0 Å². The van der Waals surface area contributed by atoms with E-state index in [4.69, 9.17) is 16.7 Å². The molecule has 0 radical (unpaired) electrons. The number of carboxylic acids is 1. The van der Waals surface area contributed by atoms with Gasteiger partial charge < -0.3 is 10.0 Å². The van der Waals surface area contributed by atoms with E-state index in [2.05, 4.69) is 5.32 Å². The summed E-state index contributed by atoms with van der Waals surface area (Å²) in [6.07, 6.45) is -0.548.